The molecule has 0 aliphatic heterocycles. The average Bonchev–Trinajstić information content (AvgIpc) is 2.58. The van der Waals surface area contributed by atoms with Crippen molar-refractivity contribution >= 4 is 17.5 Å². The first-order chi connectivity index (χ1) is 11.1. The van der Waals surface area contributed by atoms with E-state index in [1.165, 1.54) is 11.8 Å². The zero-order valence-electron chi connectivity index (χ0n) is 13.2. The second kappa shape index (κ2) is 7.93. The van der Waals surface area contributed by atoms with Crippen LogP contribution in [0.1, 0.15) is 12.5 Å². The van der Waals surface area contributed by atoms with E-state index in [0.29, 0.717) is 18.0 Å². The predicted octanol–water partition coefficient (Wildman–Crippen LogP) is 1.76. The Hall–Kier alpha value is -2.89. The molecule has 0 bridgehead atoms. The van der Waals surface area contributed by atoms with Gasteiger partial charge in [-0.15, -0.1) is 0 Å². The van der Waals surface area contributed by atoms with Crippen molar-refractivity contribution in [2.24, 2.45) is 0 Å². The number of nitrogens with zero attached hydrogens (tertiary/aromatic N) is 2. The Bertz CT molecular complexity index is 674. The fraction of sp³-hybridized carbons (Fsp3) is 0.235. The number of hydrogen-bond donors (Lipinski definition) is 1. The lowest BCUT2D eigenvalue weighted by atomic mass is 10.2. The van der Waals surface area contributed by atoms with Gasteiger partial charge in [-0.05, 0) is 23.8 Å². The third-order valence-corrected chi connectivity index (χ3v) is 3.26. The molecular formula is C17H19N3O3. The lowest BCUT2D eigenvalue weighted by Gasteiger charge is -2.21. The van der Waals surface area contributed by atoms with Crippen LogP contribution in [-0.2, 0) is 16.1 Å². The first kappa shape index (κ1) is 16.5. The van der Waals surface area contributed by atoms with Gasteiger partial charge in [0, 0.05) is 37.6 Å². The van der Waals surface area contributed by atoms with Crippen LogP contribution >= 0.6 is 0 Å². The minimum atomic E-state index is -0.244. The molecule has 0 unspecified atom stereocenters. The van der Waals surface area contributed by atoms with Crippen LogP contribution in [0.5, 0.6) is 5.75 Å². The third-order valence-electron chi connectivity index (χ3n) is 3.26. The van der Waals surface area contributed by atoms with Crippen LogP contribution in [0.3, 0.4) is 0 Å². The highest BCUT2D eigenvalue weighted by atomic mass is 16.5. The molecule has 0 atom stereocenters. The van der Waals surface area contributed by atoms with Crippen molar-refractivity contribution in [3.8, 4) is 5.75 Å². The topological polar surface area (TPSA) is 71.5 Å². The normalized spacial score (nSPS) is 10.0. The van der Waals surface area contributed by atoms with Crippen LogP contribution in [0.25, 0.3) is 0 Å². The van der Waals surface area contributed by atoms with Crippen molar-refractivity contribution in [1.82, 2.24) is 10.3 Å². The average molecular weight is 313 g/mol. The quantitative estimate of drug-likeness (QED) is 0.882. The van der Waals surface area contributed by atoms with Crippen molar-refractivity contribution in [2.75, 3.05) is 18.6 Å². The molecule has 6 heteroatoms. The molecule has 0 saturated carbocycles. The van der Waals surface area contributed by atoms with E-state index >= 15 is 0 Å². The molecule has 120 valence electrons. The molecule has 0 spiro atoms. The Morgan fingerprint density at radius 2 is 2.09 bits per heavy atom. The highest BCUT2D eigenvalue weighted by Crippen LogP contribution is 2.20. The number of aromatic nitrogens is 1. The first-order valence-electron chi connectivity index (χ1n) is 7.18. The van der Waals surface area contributed by atoms with Gasteiger partial charge in [-0.25, -0.2) is 0 Å². The van der Waals surface area contributed by atoms with E-state index in [-0.39, 0.29) is 18.4 Å². The molecule has 1 N–H and O–H groups in total. The van der Waals surface area contributed by atoms with E-state index in [1.807, 2.05) is 6.07 Å². The largest absolute Gasteiger partial charge is 0.497 e. The minimum Gasteiger partial charge on any atom is -0.497 e. The van der Waals surface area contributed by atoms with Gasteiger partial charge in [0.1, 0.15) is 12.3 Å². The SMILES string of the molecule is COc1cccc(N(CC(=O)NCc2cccnc2)C(C)=O)c1. The van der Waals surface area contributed by atoms with Gasteiger partial charge in [-0.1, -0.05) is 12.1 Å². The predicted molar refractivity (Wildman–Crippen MR) is 87.1 cm³/mol. The number of ether oxygens (including phenoxy) is 1. The van der Waals surface area contributed by atoms with Crippen LogP contribution in [0, 0.1) is 0 Å². The number of amides is 2. The van der Waals surface area contributed by atoms with E-state index < -0.39 is 0 Å². The molecule has 6 nitrogen and oxygen atoms in total. The molecule has 0 aliphatic carbocycles. The van der Waals surface area contributed by atoms with E-state index in [1.54, 1.807) is 49.8 Å². The Morgan fingerprint density at radius 3 is 2.74 bits per heavy atom. The maximum absolute atomic E-state index is 12.1. The number of benzene rings is 1. The number of nitrogens with one attached hydrogen (secondary N) is 1. The number of rotatable bonds is 6. The molecule has 2 aromatic rings. The maximum Gasteiger partial charge on any atom is 0.240 e. The summed E-state index contributed by atoms with van der Waals surface area (Å²) in [5.41, 5.74) is 1.52. The first-order valence-corrected chi connectivity index (χ1v) is 7.18. The number of anilines is 1. The summed E-state index contributed by atoms with van der Waals surface area (Å²) in [6, 6.07) is 10.7. The highest BCUT2D eigenvalue weighted by Gasteiger charge is 2.16. The lowest BCUT2D eigenvalue weighted by molar-refractivity contribution is -0.123. The van der Waals surface area contributed by atoms with E-state index in [0.717, 1.165) is 5.56 Å². The fourth-order valence-electron chi connectivity index (χ4n) is 2.07. The summed E-state index contributed by atoms with van der Waals surface area (Å²) in [4.78, 5) is 29.3. The van der Waals surface area contributed by atoms with Crippen LogP contribution < -0.4 is 15.0 Å². The molecule has 0 fully saturated rings. The van der Waals surface area contributed by atoms with Crippen molar-refractivity contribution in [1.29, 1.82) is 0 Å². The molecule has 1 aromatic heterocycles. The summed E-state index contributed by atoms with van der Waals surface area (Å²) in [6.45, 7) is 1.74. The summed E-state index contributed by atoms with van der Waals surface area (Å²) in [5.74, 6) is 0.172. The Labute approximate surface area is 135 Å². The van der Waals surface area contributed by atoms with Gasteiger partial charge < -0.3 is 15.0 Å². The second-order valence-corrected chi connectivity index (χ2v) is 4.94. The summed E-state index contributed by atoms with van der Waals surface area (Å²) in [5, 5.41) is 2.78. The van der Waals surface area contributed by atoms with Crippen molar-refractivity contribution in [3.63, 3.8) is 0 Å². The Morgan fingerprint density at radius 1 is 1.26 bits per heavy atom. The second-order valence-electron chi connectivity index (χ2n) is 4.94. The summed E-state index contributed by atoms with van der Waals surface area (Å²) < 4.78 is 5.15. The molecule has 0 saturated heterocycles. The number of carbonyl (C=O) groups is 2. The standard InChI is InChI=1S/C17H19N3O3/c1-13(21)20(15-6-3-7-16(9-15)23-2)12-17(22)19-11-14-5-4-8-18-10-14/h3-10H,11-12H2,1-2H3,(H,19,22). The van der Waals surface area contributed by atoms with Crippen molar-refractivity contribution in [3.05, 3.63) is 54.4 Å². The zero-order chi connectivity index (χ0) is 16.7. The van der Waals surface area contributed by atoms with Gasteiger partial charge in [0.25, 0.3) is 0 Å². The van der Waals surface area contributed by atoms with Gasteiger partial charge in [0.2, 0.25) is 11.8 Å². The molecule has 2 amide bonds. The number of carbonyl (C=O) groups excluding carboxylic acids is 2. The third kappa shape index (κ3) is 4.81. The summed E-state index contributed by atoms with van der Waals surface area (Å²) in [7, 11) is 1.55. The molecule has 0 radical (unpaired) electrons. The smallest absolute Gasteiger partial charge is 0.240 e. The minimum absolute atomic E-state index is 0.0528. The van der Waals surface area contributed by atoms with Crippen molar-refractivity contribution in [2.45, 2.75) is 13.5 Å². The highest BCUT2D eigenvalue weighted by molar-refractivity contribution is 5.97. The van der Waals surface area contributed by atoms with E-state index in [2.05, 4.69) is 10.3 Å². The van der Waals surface area contributed by atoms with Crippen molar-refractivity contribution < 1.29 is 14.3 Å². The Balaban J connectivity index is 2.01. The summed E-state index contributed by atoms with van der Waals surface area (Å²) in [6.07, 6.45) is 3.36. The molecule has 2 rings (SSSR count). The zero-order valence-corrected chi connectivity index (χ0v) is 13.2. The molecule has 1 heterocycles. The van der Waals surface area contributed by atoms with Crippen LogP contribution in [0.2, 0.25) is 0 Å². The van der Waals surface area contributed by atoms with E-state index in [4.69, 9.17) is 4.74 Å². The van der Waals surface area contributed by atoms with E-state index in [9.17, 15) is 9.59 Å². The Kier molecular flexibility index (Phi) is 5.68. The number of methoxy groups -OCH3 is 1. The molecule has 23 heavy (non-hydrogen) atoms. The van der Waals surface area contributed by atoms with Gasteiger partial charge in [0.15, 0.2) is 0 Å². The van der Waals surface area contributed by atoms with Gasteiger partial charge in [-0.2, -0.15) is 0 Å². The van der Waals surface area contributed by atoms with Gasteiger partial charge >= 0.3 is 0 Å². The monoisotopic (exact) mass is 313 g/mol. The molecule has 1 aromatic carbocycles. The number of pyridine rings is 1. The lowest BCUT2D eigenvalue weighted by Crippen LogP contribution is -2.39. The molecular weight excluding hydrogens is 294 g/mol. The van der Waals surface area contributed by atoms with Crippen LogP contribution in [-0.4, -0.2) is 30.5 Å². The number of hydrogen-bond acceptors (Lipinski definition) is 4. The fourth-order valence-corrected chi connectivity index (χ4v) is 2.07. The molecule has 0 aliphatic rings. The van der Waals surface area contributed by atoms with Crippen LogP contribution in [0.15, 0.2) is 48.8 Å². The van der Waals surface area contributed by atoms with Gasteiger partial charge in [-0.3, -0.25) is 14.6 Å². The van der Waals surface area contributed by atoms with Crippen LogP contribution in [0.4, 0.5) is 5.69 Å². The maximum atomic E-state index is 12.1. The van der Waals surface area contributed by atoms with Gasteiger partial charge in [0.05, 0.1) is 7.11 Å². The summed E-state index contributed by atoms with van der Waals surface area (Å²) >= 11 is 0.